The molecule has 0 saturated carbocycles. The zero-order chi connectivity index (χ0) is 24.7. The summed E-state index contributed by atoms with van der Waals surface area (Å²) < 4.78 is 13.7. The molecular weight excluding hydrogens is 444 g/mol. The molecule has 0 unspecified atom stereocenters. The van der Waals surface area contributed by atoms with Crippen LogP contribution in [0.4, 0.5) is 0 Å². The van der Waals surface area contributed by atoms with Gasteiger partial charge in [-0.05, 0) is 53.1 Å². The van der Waals surface area contributed by atoms with Crippen molar-refractivity contribution >= 4 is 18.7 Å². The van der Waals surface area contributed by atoms with Gasteiger partial charge in [0.15, 0.2) is 0 Å². The van der Waals surface area contributed by atoms with Gasteiger partial charge in [0.1, 0.15) is 0 Å². The zero-order valence-corrected chi connectivity index (χ0v) is 22.6. The standard InChI is InChI=1S/C32H40O2Si/c1-26-24-28(21-20-27-14-8-5-9-15-27)34-29(25-26)22-23-33-35(32(2,3)4,30-16-10-6-11-17-30)31-18-12-7-13-19-31/h5-19,28-29H,1,20-25H2,2-4H3/t28-,29+/m1/s1. The minimum Gasteiger partial charge on any atom is -0.407 e. The highest BCUT2D eigenvalue weighted by molar-refractivity contribution is 6.99. The molecule has 3 heteroatoms. The first-order valence-electron chi connectivity index (χ1n) is 13.0. The summed E-state index contributed by atoms with van der Waals surface area (Å²) in [5.74, 6) is 0. The maximum absolute atomic E-state index is 7.10. The molecule has 0 aliphatic carbocycles. The molecule has 0 spiro atoms. The van der Waals surface area contributed by atoms with Crippen molar-refractivity contribution in [2.24, 2.45) is 0 Å². The van der Waals surface area contributed by atoms with Crippen molar-refractivity contribution in [2.45, 2.75) is 70.1 Å². The summed E-state index contributed by atoms with van der Waals surface area (Å²) in [5, 5.41) is 2.65. The molecule has 0 amide bonds. The quantitative estimate of drug-likeness (QED) is 0.249. The van der Waals surface area contributed by atoms with E-state index in [1.54, 1.807) is 0 Å². The lowest BCUT2D eigenvalue weighted by Crippen LogP contribution is -2.66. The predicted molar refractivity (Wildman–Crippen MR) is 150 cm³/mol. The Morgan fingerprint density at radius 2 is 1.26 bits per heavy atom. The SMILES string of the molecule is C=C1C[C@@H](CCc2ccccc2)O[C@@H](CCO[Si](c2ccccc2)(c2ccccc2)C(C)(C)C)C1. The summed E-state index contributed by atoms with van der Waals surface area (Å²) in [7, 11) is -2.51. The number of rotatable bonds is 9. The van der Waals surface area contributed by atoms with E-state index in [0.717, 1.165) is 32.1 Å². The Morgan fingerprint density at radius 1 is 0.771 bits per heavy atom. The van der Waals surface area contributed by atoms with Crippen molar-refractivity contribution in [3.63, 3.8) is 0 Å². The van der Waals surface area contributed by atoms with Crippen LogP contribution in [0.15, 0.2) is 103 Å². The second-order valence-electron chi connectivity index (χ2n) is 10.9. The summed E-state index contributed by atoms with van der Waals surface area (Å²) in [6.07, 6.45) is 5.31. The third-order valence-electron chi connectivity index (χ3n) is 7.19. The molecule has 1 saturated heterocycles. The van der Waals surface area contributed by atoms with Gasteiger partial charge >= 0.3 is 0 Å². The van der Waals surface area contributed by atoms with Gasteiger partial charge in [-0.25, -0.2) is 0 Å². The molecule has 1 heterocycles. The third kappa shape index (κ3) is 6.21. The van der Waals surface area contributed by atoms with Gasteiger partial charge in [-0.15, -0.1) is 0 Å². The molecule has 2 atom stereocenters. The van der Waals surface area contributed by atoms with Gasteiger partial charge < -0.3 is 9.16 Å². The van der Waals surface area contributed by atoms with Gasteiger partial charge in [0.25, 0.3) is 8.32 Å². The minimum atomic E-state index is -2.51. The Kier molecular flexibility index (Phi) is 8.43. The van der Waals surface area contributed by atoms with E-state index < -0.39 is 8.32 Å². The lowest BCUT2D eigenvalue weighted by atomic mass is 9.94. The van der Waals surface area contributed by atoms with E-state index in [9.17, 15) is 0 Å². The van der Waals surface area contributed by atoms with Crippen LogP contribution in [0.5, 0.6) is 0 Å². The van der Waals surface area contributed by atoms with Crippen molar-refractivity contribution in [3.8, 4) is 0 Å². The van der Waals surface area contributed by atoms with Gasteiger partial charge in [0, 0.05) is 6.61 Å². The Hall–Kier alpha value is -2.46. The van der Waals surface area contributed by atoms with Crippen LogP contribution in [-0.2, 0) is 15.6 Å². The minimum absolute atomic E-state index is 0.00898. The van der Waals surface area contributed by atoms with Crippen LogP contribution in [-0.4, -0.2) is 27.1 Å². The van der Waals surface area contributed by atoms with E-state index in [0.29, 0.717) is 6.61 Å². The molecule has 3 aromatic rings. The van der Waals surface area contributed by atoms with Crippen LogP contribution in [0.2, 0.25) is 5.04 Å². The van der Waals surface area contributed by atoms with Gasteiger partial charge in [0.2, 0.25) is 0 Å². The van der Waals surface area contributed by atoms with Gasteiger partial charge in [0.05, 0.1) is 12.2 Å². The fourth-order valence-corrected chi connectivity index (χ4v) is 10.1. The monoisotopic (exact) mass is 484 g/mol. The number of benzene rings is 3. The predicted octanol–water partition coefficient (Wildman–Crippen LogP) is 6.69. The smallest absolute Gasteiger partial charge is 0.261 e. The molecule has 1 aliphatic heterocycles. The normalized spacial score (nSPS) is 19.0. The van der Waals surface area contributed by atoms with E-state index in [-0.39, 0.29) is 17.2 Å². The summed E-state index contributed by atoms with van der Waals surface area (Å²) >= 11 is 0. The fourth-order valence-electron chi connectivity index (χ4n) is 5.51. The van der Waals surface area contributed by atoms with Crippen LogP contribution >= 0.6 is 0 Å². The second-order valence-corrected chi connectivity index (χ2v) is 15.2. The molecule has 1 fully saturated rings. The Morgan fingerprint density at radius 3 is 1.77 bits per heavy atom. The number of ether oxygens (including phenoxy) is 1. The number of hydrogen-bond donors (Lipinski definition) is 0. The van der Waals surface area contributed by atoms with E-state index in [1.165, 1.54) is 21.5 Å². The first-order valence-corrected chi connectivity index (χ1v) is 14.9. The van der Waals surface area contributed by atoms with Crippen molar-refractivity contribution in [1.82, 2.24) is 0 Å². The zero-order valence-electron chi connectivity index (χ0n) is 21.6. The van der Waals surface area contributed by atoms with Crippen LogP contribution in [0, 0.1) is 0 Å². The summed E-state index contributed by atoms with van der Waals surface area (Å²) in [6, 6.07) is 32.5. The van der Waals surface area contributed by atoms with Crippen LogP contribution in [0.1, 0.15) is 52.0 Å². The molecule has 3 aromatic carbocycles. The first kappa shape index (κ1) is 25.6. The average Bonchev–Trinajstić information content (AvgIpc) is 2.86. The molecule has 35 heavy (non-hydrogen) atoms. The van der Waals surface area contributed by atoms with Crippen molar-refractivity contribution in [3.05, 3.63) is 109 Å². The lowest BCUT2D eigenvalue weighted by Gasteiger charge is -2.43. The van der Waals surface area contributed by atoms with Gasteiger partial charge in [-0.2, -0.15) is 0 Å². The van der Waals surface area contributed by atoms with Crippen molar-refractivity contribution < 1.29 is 9.16 Å². The van der Waals surface area contributed by atoms with Crippen LogP contribution in [0.25, 0.3) is 0 Å². The molecule has 1 aliphatic rings. The van der Waals surface area contributed by atoms with Crippen LogP contribution in [0.3, 0.4) is 0 Å². The highest BCUT2D eigenvalue weighted by atomic mass is 28.4. The summed E-state index contributed by atoms with van der Waals surface area (Å²) in [4.78, 5) is 0. The molecule has 0 aromatic heterocycles. The maximum atomic E-state index is 7.10. The number of hydrogen-bond acceptors (Lipinski definition) is 2. The molecule has 0 radical (unpaired) electrons. The largest absolute Gasteiger partial charge is 0.407 e. The van der Waals surface area contributed by atoms with E-state index in [1.807, 2.05) is 0 Å². The van der Waals surface area contributed by atoms with Gasteiger partial charge in [-0.1, -0.05) is 124 Å². The highest BCUT2D eigenvalue weighted by Gasteiger charge is 2.50. The van der Waals surface area contributed by atoms with Crippen molar-refractivity contribution in [2.75, 3.05) is 6.61 Å². The average molecular weight is 485 g/mol. The Labute approximate surface area is 213 Å². The first-order chi connectivity index (χ1) is 16.9. The topological polar surface area (TPSA) is 18.5 Å². The van der Waals surface area contributed by atoms with Gasteiger partial charge in [-0.3, -0.25) is 0 Å². The fraction of sp³-hybridized carbons (Fsp3) is 0.375. The van der Waals surface area contributed by atoms with Crippen LogP contribution < -0.4 is 10.4 Å². The lowest BCUT2D eigenvalue weighted by molar-refractivity contribution is -0.0429. The van der Waals surface area contributed by atoms with E-state index >= 15 is 0 Å². The molecular formula is C32H40O2Si. The maximum Gasteiger partial charge on any atom is 0.261 e. The summed E-state index contributed by atoms with van der Waals surface area (Å²) in [5.41, 5.74) is 2.68. The molecule has 4 rings (SSSR count). The van der Waals surface area contributed by atoms with E-state index in [4.69, 9.17) is 9.16 Å². The highest BCUT2D eigenvalue weighted by Crippen LogP contribution is 2.37. The Bertz CT molecular complexity index is 1020. The van der Waals surface area contributed by atoms with E-state index in [2.05, 4.69) is 118 Å². The second kappa shape index (κ2) is 11.5. The molecule has 184 valence electrons. The molecule has 0 bridgehead atoms. The van der Waals surface area contributed by atoms with Crippen molar-refractivity contribution in [1.29, 1.82) is 0 Å². The summed E-state index contributed by atoms with van der Waals surface area (Å²) in [6.45, 7) is 12.0. The molecule has 0 N–H and O–H groups in total. The number of aryl methyl sites for hydroxylation is 1. The Balaban J connectivity index is 1.47. The third-order valence-corrected chi connectivity index (χ3v) is 12.2. The molecule has 2 nitrogen and oxygen atoms in total.